The first kappa shape index (κ1) is 16.7. The van der Waals surface area contributed by atoms with Gasteiger partial charge in [0.1, 0.15) is 5.75 Å². The number of aromatic hydroxyl groups is 1. The van der Waals surface area contributed by atoms with Crippen LogP contribution in [0.5, 0.6) is 17.2 Å². The van der Waals surface area contributed by atoms with Crippen LogP contribution in [0.1, 0.15) is 22.6 Å². The number of para-hydroxylation sites is 1. The van der Waals surface area contributed by atoms with E-state index in [2.05, 4.69) is 0 Å². The maximum atomic E-state index is 11.8. The summed E-state index contributed by atoms with van der Waals surface area (Å²) < 4.78 is 10.4. The van der Waals surface area contributed by atoms with Gasteiger partial charge in [0.25, 0.3) is 0 Å². The van der Waals surface area contributed by atoms with Gasteiger partial charge in [0.05, 0.1) is 20.1 Å². The van der Waals surface area contributed by atoms with Crippen molar-refractivity contribution in [3.05, 3.63) is 53.1 Å². The summed E-state index contributed by atoms with van der Waals surface area (Å²) in [6, 6.07) is 10.5. The molecule has 1 unspecified atom stereocenters. The highest BCUT2D eigenvalue weighted by atomic mass is 16.5. The molecule has 0 fully saturated rings. The highest BCUT2D eigenvalue weighted by Gasteiger charge is 2.25. The Labute approximate surface area is 135 Å². The molecule has 0 aromatic heterocycles. The molecular formula is C18H20O5. The topological polar surface area (TPSA) is 76.0 Å². The van der Waals surface area contributed by atoms with Crippen molar-refractivity contribution >= 4 is 5.97 Å². The zero-order valence-electron chi connectivity index (χ0n) is 13.4. The fraction of sp³-hybridized carbons (Fsp3) is 0.278. The minimum absolute atomic E-state index is 0.0344. The van der Waals surface area contributed by atoms with Crippen LogP contribution in [-0.4, -0.2) is 30.4 Å². The first-order valence-electron chi connectivity index (χ1n) is 7.20. The summed E-state index contributed by atoms with van der Waals surface area (Å²) in [4.78, 5) is 11.8. The Morgan fingerprint density at radius 3 is 2.43 bits per heavy atom. The van der Waals surface area contributed by atoms with Crippen LogP contribution in [0.2, 0.25) is 0 Å². The summed E-state index contributed by atoms with van der Waals surface area (Å²) in [6.45, 7) is 1.89. The van der Waals surface area contributed by atoms with Crippen LogP contribution in [0.15, 0.2) is 36.4 Å². The maximum absolute atomic E-state index is 11.8. The van der Waals surface area contributed by atoms with Crippen LogP contribution in [0.3, 0.4) is 0 Å². The van der Waals surface area contributed by atoms with Crippen LogP contribution < -0.4 is 9.47 Å². The third-order valence-corrected chi connectivity index (χ3v) is 3.79. The van der Waals surface area contributed by atoms with E-state index in [0.29, 0.717) is 22.6 Å². The molecule has 0 heterocycles. The van der Waals surface area contributed by atoms with Gasteiger partial charge in [-0.15, -0.1) is 0 Å². The Hall–Kier alpha value is -2.69. The monoisotopic (exact) mass is 316 g/mol. The number of aryl methyl sites for hydroxylation is 1. The minimum Gasteiger partial charge on any atom is -0.504 e. The number of carbonyl (C=O) groups is 1. The molecule has 0 aliphatic heterocycles. The van der Waals surface area contributed by atoms with E-state index in [1.54, 1.807) is 30.3 Å². The molecule has 2 aromatic carbocycles. The van der Waals surface area contributed by atoms with E-state index in [4.69, 9.17) is 9.47 Å². The molecule has 0 spiro atoms. The van der Waals surface area contributed by atoms with Crippen LogP contribution in [0.4, 0.5) is 0 Å². The Balaban J connectivity index is 2.45. The second kappa shape index (κ2) is 7.05. The molecule has 1 atom stereocenters. The van der Waals surface area contributed by atoms with E-state index >= 15 is 0 Å². The third-order valence-electron chi connectivity index (χ3n) is 3.79. The summed E-state index contributed by atoms with van der Waals surface area (Å²) in [5.41, 5.74) is 2.05. The molecule has 0 amide bonds. The Bertz CT molecular complexity index is 709. The highest BCUT2D eigenvalue weighted by Crippen LogP contribution is 2.36. The van der Waals surface area contributed by atoms with Gasteiger partial charge in [0.15, 0.2) is 11.5 Å². The zero-order chi connectivity index (χ0) is 17.0. The number of hydrogen-bond donors (Lipinski definition) is 2. The Morgan fingerprint density at radius 2 is 1.83 bits per heavy atom. The van der Waals surface area contributed by atoms with Crippen LogP contribution in [0.25, 0.3) is 0 Å². The van der Waals surface area contributed by atoms with Gasteiger partial charge in [-0.3, -0.25) is 4.79 Å². The fourth-order valence-electron chi connectivity index (χ4n) is 2.57. The number of rotatable bonds is 6. The second-order valence-electron chi connectivity index (χ2n) is 5.31. The van der Waals surface area contributed by atoms with Gasteiger partial charge in [-0.1, -0.05) is 29.8 Å². The summed E-state index contributed by atoms with van der Waals surface area (Å²) in [5.74, 6) is -1.000. The standard InChI is InChI=1S/C18H20O5/c1-11-7-8-15(22-2)13(9-11)14(18(20)21)10-12-5-4-6-16(23-3)17(12)19/h4-9,14,19H,10H2,1-3H3,(H,20,21). The molecule has 2 N–H and O–H groups in total. The van der Waals surface area contributed by atoms with Crippen molar-refractivity contribution in [2.45, 2.75) is 19.3 Å². The molecule has 5 heteroatoms. The van der Waals surface area contributed by atoms with Gasteiger partial charge in [0, 0.05) is 5.56 Å². The molecule has 0 aliphatic carbocycles. The van der Waals surface area contributed by atoms with Crippen LogP contribution >= 0.6 is 0 Å². The predicted molar refractivity (Wildman–Crippen MR) is 86.5 cm³/mol. The van der Waals surface area contributed by atoms with E-state index < -0.39 is 11.9 Å². The van der Waals surface area contributed by atoms with E-state index in [-0.39, 0.29) is 12.2 Å². The van der Waals surface area contributed by atoms with Gasteiger partial charge in [-0.2, -0.15) is 0 Å². The number of phenolic OH excluding ortho intramolecular Hbond substituents is 1. The van der Waals surface area contributed by atoms with Crippen molar-refractivity contribution in [2.24, 2.45) is 0 Å². The SMILES string of the molecule is COc1ccc(C)cc1C(Cc1cccc(OC)c1O)C(=O)O. The van der Waals surface area contributed by atoms with Crippen molar-refractivity contribution in [1.82, 2.24) is 0 Å². The summed E-state index contributed by atoms with van der Waals surface area (Å²) >= 11 is 0. The van der Waals surface area contributed by atoms with E-state index in [0.717, 1.165) is 5.56 Å². The number of phenols is 1. The van der Waals surface area contributed by atoms with Gasteiger partial charge >= 0.3 is 5.97 Å². The Kier molecular flexibility index (Phi) is 5.11. The van der Waals surface area contributed by atoms with Crippen molar-refractivity contribution < 1.29 is 24.5 Å². The molecule has 0 bridgehead atoms. The maximum Gasteiger partial charge on any atom is 0.311 e. The van der Waals surface area contributed by atoms with Crippen molar-refractivity contribution in [3.8, 4) is 17.2 Å². The number of benzene rings is 2. The van der Waals surface area contributed by atoms with Crippen molar-refractivity contribution in [3.63, 3.8) is 0 Å². The summed E-state index contributed by atoms with van der Waals surface area (Å²) in [7, 11) is 2.97. The fourth-order valence-corrected chi connectivity index (χ4v) is 2.57. The lowest BCUT2D eigenvalue weighted by molar-refractivity contribution is -0.138. The Morgan fingerprint density at radius 1 is 1.13 bits per heavy atom. The smallest absolute Gasteiger partial charge is 0.311 e. The first-order valence-corrected chi connectivity index (χ1v) is 7.20. The molecule has 0 saturated heterocycles. The van der Waals surface area contributed by atoms with Gasteiger partial charge in [-0.25, -0.2) is 0 Å². The highest BCUT2D eigenvalue weighted by molar-refractivity contribution is 5.78. The molecule has 5 nitrogen and oxygen atoms in total. The average Bonchev–Trinajstić information content (AvgIpc) is 2.53. The number of hydrogen-bond acceptors (Lipinski definition) is 4. The van der Waals surface area contributed by atoms with Crippen LogP contribution in [-0.2, 0) is 11.2 Å². The average molecular weight is 316 g/mol. The van der Waals surface area contributed by atoms with E-state index in [9.17, 15) is 15.0 Å². The largest absolute Gasteiger partial charge is 0.504 e. The molecule has 23 heavy (non-hydrogen) atoms. The third kappa shape index (κ3) is 3.56. The number of methoxy groups -OCH3 is 2. The predicted octanol–water partition coefficient (Wildman–Crippen LogP) is 3.13. The summed E-state index contributed by atoms with van der Waals surface area (Å²) in [6.07, 6.45) is 0.137. The van der Waals surface area contributed by atoms with Crippen molar-refractivity contribution in [2.75, 3.05) is 14.2 Å². The van der Waals surface area contributed by atoms with Gasteiger partial charge < -0.3 is 19.7 Å². The molecule has 2 rings (SSSR count). The molecule has 0 saturated carbocycles. The van der Waals surface area contributed by atoms with Gasteiger partial charge in [0.2, 0.25) is 0 Å². The second-order valence-corrected chi connectivity index (χ2v) is 5.31. The molecule has 0 aliphatic rings. The lowest BCUT2D eigenvalue weighted by atomic mass is 9.90. The van der Waals surface area contributed by atoms with E-state index in [1.807, 2.05) is 13.0 Å². The summed E-state index contributed by atoms with van der Waals surface area (Å²) in [5, 5.41) is 19.8. The van der Waals surface area contributed by atoms with Crippen LogP contribution in [0, 0.1) is 6.92 Å². The lowest BCUT2D eigenvalue weighted by Gasteiger charge is -2.18. The number of aliphatic carboxylic acids is 1. The molecule has 0 radical (unpaired) electrons. The quantitative estimate of drug-likeness (QED) is 0.856. The molecular weight excluding hydrogens is 296 g/mol. The minimum atomic E-state index is -0.976. The van der Waals surface area contributed by atoms with Crippen molar-refractivity contribution in [1.29, 1.82) is 0 Å². The number of ether oxygens (including phenoxy) is 2. The molecule has 122 valence electrons. The van der Waals surface area contributed by atoms with E-state index in [1.165, 1.54) is 14.2 Å². The first-order chi connectivity index (χ1) is 11.0. The number of carboxylic acid groups (broad SMARTS) is 1. The zero-order valence-corrected chi connectivity index (χ0v) is 13.4. The molecule has 2 aromatic rings. The normalized spacial score (nSPS) is 11.8. The lowest BCUT2D eigenvalue weighted by Crippen LogP contribution is -2.16. The van der Waals surface area contributed by atoms with Gasteiger partial charge in [-0.05, 0) is 31.0 Å². The number of carboxylic acids is 1.